The van der Waals surface area contributed by atoms with Gasteiger partial charge in [-0.1, -0.05) is 182 Å². The van der Waals surface area contributed by atoms with Crippen LogP contribution < -0.4 is 0 Å². The second kappa shape index (κ2) is 12.5. The first-order valence-electron chi connectivity index (χ1n) is 20.5. The lowest BCUT2D eigenvalue weighted by atomic mass is 9.70. The molecular formula is C56H34N4. The van der Waals surface area contributed by atoms with E-state index in [1.807, 2.05) is 18.2 Å². The van der Waals surface area contributed by atoms with Crippen molar-refractivity contribution in [1.29, 1.82) is 0 Å². The molecule has 9 aromatic carbocycles. The van der Waals surface area contributed by atoms with E-state index in [-0.39, 0.29) is 5.41 Å². The molecule has 0 fully saturated rings. The summed E-state index contributed by atoms with van der Waals surface area (Å²) in [6, 6.07) is 74.4. The van der Waals surface area contributed by atoms with Crippen LogP contribution in [0.1, 0.15) is 22.3 Å². The Labute approximate surface area is 346 Å². The Hall–Kier alpha value is -7.95. The molecule has 0 aliphatic heterocycles. The van der Waals surface area contributed by atoms with Gasteiger partial charge in [-0.15, -0.1) is 0 Å². The van der Waals surface area contributed by atoms with E-state index in [1.54, 1.807) is 0 Å². The van der Waals surface area contributed by atoms with E-state index in [2.05, 4.69) is 193 Å². The van der Waals surface area contributed by atoms with Gasteiger partial charge in [-0.2, -0.15) is 9.97 Å². The predicted molar refractivity (Wildman–Crippen MR) is 244 cm³/mol. The molecule has 13 rings (SSSR count). The molecule has 2 aromatic heterocycles. The number of nitrogens with zero attached hydrogens (tertiary/aromatic N) is 4. The van der Waals surface area contributed by atoms with E-state index < -0.39 is 0 Å². The fourth-order valence-corrected chi connectivity index (χ4v) is 10.4. The minimum Gasteiger partial charge on any atom is -0.278 e. The van der Waals surface area contributed by atoms with Crippen molar-refractivity contribution in [2.75, 3.05) is 0 Å². The summed E-state index contributed by atoms with van der Waals surface area (Å²) in [7, 11) is 0. The normalized spacial score (nSPS) is 13.1. The summed E-state index contributed by atoms with van der Waals surface area (Å²) in [5.41, 5.74) is 16.6. The molecule has 4 nitrogen and oxygen atoms in total. The van der Waals surface area contributed by atoms with Crippen LogP contribution in [0.2, 0.25) is 0 Å². The third kappa shape index (κ3) is 4.53. The van der Waals surface area contributed by atoms with Crippen LogP contribution in [0.4, 0.5) is 0 Å². The van der Waals surface area contributed by atoms with E-state index in [0.717, 1.165) is 49.3 Å². The number of aromatic nitrogens is 4. The van der Waals surface area contributed by atoms with Crippen molar-refractivity contribution < 1.29 is 0 Å². The monoisotopic (exact) mass is 762 g/mol. The van der Waals surface area contributed by atoms with Gasteiger partial charge in [0.1, 0.15) is 0 Å². The smallest absolute Gasteiger partial charge is 0.238 e. The molecular weight excluding hydrogens is 729 g/mol. The lowest BCUT2D eigenvalue weighted by molar-refractivity contribution is 0.794. The molecule has 278 valence electrons. The highest BCUT2D eigenvalue weighted by Gasteiger charge is 2.51. The molecule has 2 heterocycles. The Bertz CT molecular complexity index is 3510. The average molecular weight is 763 g/mol. The molecule has 0 radical (unpaired) electrons. The molecule has 2 aliphatic rings. The molecule has 1 spiro atoms. The molecule has 11 aromatic rings. The number of hydrogen-bond acceptors (Lipinski definition) is 3. The van der Waals surface area contributed by atoms with E-state index in [0.29, 0.717) is 17.6 Å². The van der Waals surface area contributed by atoms with Gasteiger partial charge in [-0.3, -0.25) is 4.57 Å². The van der Waals surface area contributed by atoms with Gasteiger partial charge in [0.2, 0.25) is 5.95 Å². The number of rotatable bonds is 4. The van der Waals surface area contributed by atoms with Gasteiger partial charge in [0.15, 0.2) is 11.6 Å². The summed E-state index contributed by atoms with van der Waals surface area (Å²) in [6.07, 6.45) is 0. The van der Waals surface area contributed by atoms with E-state index in [4.69, 9.17) is 15.0 Å². The van der Waals surface area contributed by atoms with Crippen LogP contribution in [0.15, 0.2) is 206 Å². The summed E-state index contributed by atoms with van der Waals surface area (Å²) in [5, 5.41) is 4.54. The molecule has 0 amide bonds. The van der Waals surface area contributed by atoms with Crippen molar-refractivity contribution in [1.82, 2.24) is 19.5 Å². The predicted octanol–water partition coefficient (Wildman–Crippen LogP) is 13.5. The van der Waals surface area contributed by atoms with Crippen LogP contribution in [0.3, 0.4) is 0 Å². The van der Waals surface area contributed by atoms with Crippen LogP contribution in [0.5, 0.6) is 0 Å². The summed E-state index contributed by atoms with van der Waals surface area (Å²) < 4.78 is 2.20. The molecule has 0 saturated carbocycles. The van der Waals surface area contributed by atoms with Crippen LogP contribution in [-0.2, 0) is 5.41 Å². The maximum absolute atomic E-state index is 5.27. The standard InChI is InChI=1S/C56H34N4/c1-2-16-36(17-3-1)53-57-54(44-24-14-18-35-15-4-5-19-39(35)44)59-55(58-53)60-51-28-13-9-23-43(51)46-34-38(30-32-52(46)60)37-29-31-50-45(33-37)42-22-8-12-27-49(42)56(50)47-25-10-6-20-40(47)41-21-7-11-26-48(41)56/h1-34H. The average Bonchev–Trinajstić information content (AvgIpc) is 3.93. The molecule has 0 bridgehead atoms. The molecule has 0 unspecified atom stereocenters. The van der Waals surface area contributed by atoms with Gasteiger partial charge in [0, 0.05) is 21.9 Å². The number of benzene rings is 9. The number of para-hydroxylation sites is 1. The summed E-state index contributed by atoms with van der Waals surface area (Å²) in [5.74, 6) is 1.86. The van der Waals surface area contributed by atoms with E-state index in [9.17, 15) is 0 Å². The first kappa shape index (κ1) is 33.1. The highest BCUT2D eigenvalue weighted by Crippen LogP contribution is 2.63. The second-order valence-corrected chi connectivity index (χ2v) is 15.9. The molecule has 2 aliphatic carbocycles. The Kier molecular flexibility index (Phi) is 6.90. The zero-order valence-corrected chi connectivity index (χ0v) is 32.4. The van der Waals surface area contributed by atoms with Crippen molar-refractivity contribution in [2.24, 2.45) is 0 Å². The van der Waals surface area contributed by atoms with Gasteiger partial charge in [0.05, 0.1) is 16.4 Å². The lowest BCUT2D eigenvalue weighted by Gasteiger charge is -2.30. The highest BCUT2D eigenvalue weighted by atomic mass is 15.2. The lowest BCUT2D eigenvalue weighted by Crippen LogP contribution is -2.25. The van der Waals surface area contributed by atoms with Crippen LogP contribution in [-0.4, -0.2) is 19.5 Å². The Morgan fingerprint density at radius 2 is 0.850 bits per heavy atom. The van der Waals surface area contributed by atoms with E-state index in [1.165, 1.54) is 50.1 Å². The molecule has 4 heteroatoms. The van der Waals surface area contributed by atoms with Gasteiger partial charge in [0.25, 0.3) is 0 Å². The van der Waals surface area contributed by atoms with Crippen LogP contribution in [0, 0.1) is 0 Å². The maximum Gasteiger partial charge on any atom is 0.238 e. The quantitative estimate of drug-likeness (QED) is 0.179. The third-order valence-corrected chi connectivity index (χ3v) is 12.9. The Morgan fingerprint density at radius 3 is 1.62 bits per heavy atom. The van der Waals surface area contributed by atoms with E-state index >= 15 is 0 Å². The zero-order chi connectivity index (χ0) is 39.4. The van der Waals surface area contributed by atoms with Crippen molar-refractivity contribution in [3.8, 4) is 62.1 Å². The van der Waals surface area contributed by atoms with Gasteiger partial charge in [-0.05, 0) is 90.7 Å². The second-order valence-electron chi connectivity index (χ2n) is 15.9. The zero-order valence-electron chi connectivity index (χ0n) is 32.4. The molecule has 0 atom stereocenters. The third-order valence-electron chi connectivity index (χ3n) is 12.9. The van der Waals surface area contributed by atoms with Crippen molar-refractivity contribution in [3.05, 3.63) is 229 Å². The van der Waals surface area contributed by atoms with Crippen LogP contribution >= 0.6 is 0 Å². The minimum absolute atomic E-state index is 0.358. The molecule has 0 saturated heterocycles. The van der Waals surface area contributed by atoms with Crippen molar-refractivity contribution >= 4 is 32.6 Å². The summed E-state index contributed by atoms with van der Waals surface area (Å²) in [6.45, 7) is 0. The highest BCUT2D eigenvalue weighted by molar-refractivity contribution is 6.10. The Morgan fingerprint density at radius 1 is 0.317 bits per heavy atom. The van der Waals surface area contributed by atoms with Crippen molar-refractivity contribution in [2.45, 2.75) is 5.41 Å². The van der Waals surface area contributed by atoms with Gasteiger partial charge < -0.3 is 0 Å². The minimum atomic E-state index is -0.358. The topological polar surface area (TPSA) is 43.6 Å². The fraction of sp³-hybridized carbons (Fsp3) is 0.0179. The van der Waals surface area contributed by atoms with Crippen LogP contribution in [0.25, 0.3) is 94.7 Å². The van der Waals surface area contributed by atoms with Crippen molar-refractivity contribution in [3.63, 3.8) is 0 Å². The van der Waals surface area contributed by atoms with Gasteiger partial charge >= 0.3 is 0 Å². The maximum atomic E-state index is 5.27. The summed E-state index contributed by atoms with van der Waals surface area (Å²) >= 11 is 0. The summed E-state index contributed by atoms with van der Waals surface area (Å²) in [4.78, 5) is 15.6. The SMILES string of the molecule is c1ccc(-c2nc(-c3cccc4ccccc34)nc(-n3c4ccccc4c4cc(-c5ccc6c(c5)-c5ccccc5C65c6ccccc6-c6ccccc65)ccc43)n2)cc1. The first-order chi connectivity index (χ1) is 29.8. The number of hydrogen-bond donors (Lipinski definition) is 0. The largest absolute Gasteiger partial charge is 0.278 e. The fourth-order valence-electron chi connectivity index (χ4n) is 10.4. The Balaban J connectivity index is 1.00. The first-order valence-corrected chi connectivity index (χ1v) is 20.5. The number of fused-ring (bicyclic) bond motifs is 14. The molecule has 60 heavy (non-hydrogen) atoms. The van der Waals surface area contributed by atoms with Gasteiger partial charge in [-0.25, -0.2) is 4.98 Å². The molecule has 0 N–H and O–H groups in total.